The van der Waals surface area contributed by atoms with Crippen LogP contribution in [0.1, 0.15) is 41.4 Å². The summed E-state index contributed by atoms with van der Waals surface area (Å²) < 4.78 is 7.01. The maximum Gasteiger partial charge on any atom is 0.174 e. The van der Waals surface area contributed by atoms with Crippen molar-refractivity contribution in [3.63, 3.8) is 0 Å². The lowest BCUT2D eigenvalue weighted by Gasteiger charge is -2.14. The molecule has 0 radical (unpaired) electrons. The first-order valence-corrected chi connectivity index (χ1v) is 7.50. The topological polar surface area (TPSA) is 81.7 Å². The molecule has 0 aliphatic rings. The molecule has 1 unspecified atom stereocenters. The summed E-state index contributed by atoms with van der Waals surface area (Å²) in [6.45, 7) is 9.84. The van der Waals surface area contributed by atoms with Gasteiger partial charge in [0.2, 0.25) is 0 Å². The first-order valence-electron chi connectivity index (χ1n) is 7.50. The van der Waals surface area contributed by atoms with Crippen LogP contribution in [0.25, 0.3) is 5.82 Å². The van der Waals surface area contributed by atoms with Crippen molar-refractivity contribution in [2.24, 2.45) is 0 Å². The van der Waals surface area contributed by atoms with Gasteiger partial charge in [-0.2, -0.15) is 5.10 Å². The fraction of sp³-hybridized carbons (Fsp3) is 0.375. The van der Waals surface area contributed by atoms with Crippen LogP contribution in [0.15, 0.2) is 23.0 Å². The Morgan fingerprint density at radius 3 is 2.57 bits per heavy atom. The Bertz CT molecular complexity index is 815. The predicted octanol–water partition coefficient (Wildman–Crippen LogP) is 3.06. The van der Waals surface area contributed by atoms with Crippen LogP contribution in [0.5, 0.6) is 0 Å². The number of hydrogen-bond acceptors (Lipinski definition) is 6. The molecule has 0 amide bonds. The van der Waals surface area contributed by atoms with Gasteiger partial charge in [-0.3, -0.25) is 4.98 Å². The molecule has 3 aromatic heterocycles. The van der Waals surface area contributed by atoms with E-state index in [2.05, 4.69) is 25.5 Å². The maximum atomic E-state index is 5.23. The van der Waals surface area contributed by atoms with Crippen LogP contribution >= 0.6 is 0 Å². The summed E-state index contributed by atoms with van der Waals surface area (Å²) >= 11 is 0. The van der Waals surface area contributed by atoms with Gasteiger partial charge < -0.3 is 9.84 Å². The van der Waals surface area contributed by atoms with Gasteiger partial charge in [-0.25, -0.2) is 9.67 Å². The van der Waals surface area contributed by atoms with E-state index < -0.39 is 0 Å². The number of hydrogen-bond donors (Lipinski definition) is 1. The van der Waals surface area contributed by atoms with E-state index in [0.29, 0.717) is 11.6 Å². The molecule has 0 saturated heterocycles. The molecule has 0 fully saturated rings. The van der Waals surface area contributed by atoms with Crippen molar-refractivity contribution in [3.8, 4) is 5.82 Å². The van der Waals surface area contributed by atoms with Gasteiger partial charge in [0.15, 0.2) is 5.82 Å². The molecule has 0 spiro atoms. The van der Waals surface area contributed by atoms with Gasteiger partial charge >= 0.3 is 0 Å². The summed E-state index contributed by atoms with van der Waals surface area (Å²) in [4.78, 5) is 8.87. The number of rotatable bonds is 4. The van der Waals surface area contributed by atoms with E-state index in [1.54, 1.807) is 17.1 Å². The van der Waals surface area contributed by atoms with Crippen LogP contribution in [0.2, 0.25) is 0 Å². The molecule has 0 aliphatic heterocycles. The molecule has 0 bridgehead atoms. The number of anilines is 1. The second kappa shape index (κ2) is 5.83. The quantitative estimate of drug-likeness (QED) is 0.797. The van der Waals surface area contributed by atoms with Crippen molar-refractivity contribution in [2.45, 2.75) is 40.7 Å². The first kappa shape index (κ1) is 15.2. The van der Waals surface area contributed by atoms with E-state index in [4.69, 9.17) is 4.52 Å². The molecule has 0 saturated carbocycles. The standard InChI is InChI=1S/C16H20N6O/c1-9-6-10(2)22(20-9)15-8-17-7-14(19-15)18-11(3)16-12(4)21-23-13(16)5/h6-8,11H,1-5H3,(H,18,19). The molecule has 1 N–H and O–H groups in total. The monoisotopic (exact) mass is 312 g/mol. The van der Waals surface area contributed by atoms with Crippen LogP contribution in [0.4, 0.5) is 5.82 Å². The van der Waals surface area contributed by atoms with Gasteiger partial charge in [0.25, 0.3) is 0 Å². The van der Waals surface area contributed by atoms with E-state index in [1.165, 1.54) is 0 Å². The van der Waals surface area contributed by atoms with Crippen LogP contribution in [-0.4, -0.2) is 24.9 Å². The third-order valence-electron chi connectivity index (χ3n) is 3.73. The van der Waals surface area contributed by atoms with Crippen LogP contribution in [0, 0.1) is 27.7 Å². The van der Waals surface area contributed by atoms with Crippen molar-refractivity contribution in [2.75, 3.05) is 5.32 Å². The van der Waals surface area contributed by atoms with Gasteiger partial charge in [0, 0.05) is 11.3 Å². The summed E-state index contributed by atoms with van der Waals surface area (Å²) in [5, 5.41) is 11.8. The Kier molecular flexibility index (Phi) is 3.85. The Morgan fingerprint density at radius 1 is 1.17 bits per heavy atom. The van der Waals surface area contributed by atoms with Gasteiger partial charge in [0.1, 0.15) is 11.6 Å². The highest BCUT2D eigenvalue weighted by atomic mass is 16.5. The van der Waals surface area contributed by atoms with E-state index in [9.17, 15) is 0 Å². The minimum Gasteiger partial charge on any atom is -0.362 e. The van der Waals surface area contributed by atoms with Crippen molar-refractivity contribution in [3.05, 3.63) is 46.9 Å². The van der Waals surface area contributed by atoms with E-state index >= 15 is 0 Å². The Balaban J connectivity index is 1.87. The molecule has 3 aromatic rings. The van der Waals surface area contributed by atoms with Gasteiger partial charge in [0.05, 0.1) is 29.8 Å². The first-order chi connectivity index (χ1) is 11.0. The van der Waals surface area contributed by atoms with E-state index in [-0.39, 0.29) is 6.04 Å². The minimum absolute atomic E-state index is 0.0197. The number of aryl methyl sites for hydroxylation is 4. The zero-order chi connectivity index (χ0) is 16.6. The van der Waals surface area contributed by atoms with Crippen LogP contribution < -0.4 is 5.32 Å². The Hall–Kier alpha value is -2.70. The van der Waals surface area contributed by atoms with E-state index in [0.717, 1.165) is 28.4 Å². The largest absolute Gasteiger partial charge is 0.362 e. The fourth-order valence-corrected chi connectivity index (χ4v) is 2.79. The van der Waals surface area contributed by atoms with Crippen molar-refractivity contribution in [1.82, 2.24) is 24.9 Å². The zero-order valence-corrected chi connectivity index (χ0v) is 14.0. The molecule has 1 atom stereocenters. The minimum atomic E-state index is 0.0197. The highest BCUT2D eigenvalue weighted by Crippen LogP contribution is 2.24. The van der Waals surface area contributed by atoms with Crippen LogP contribution in [-0.2, 0) is 0 Å². The SMILES string of the molecule is Cc1cc(C)n(-c2cncc(NC(C)c3c(C)noc3C)n2)n1. The Labute approximate surface area is 134 Å². The molecule has 120 valence electrons. The normalized spacial score (nSPS) is 12.4. The van der Waals surface area contributed by atoms with Crippen LogP contribution in [0.3, 0.4) is 0 Å². The molecule has 0 aromatic carbocycles. The highest BCUT2D eigenvalue weighted by molar-refractivity contribution is 5.40. The van der Waals surface area contributed by atoms with Crippen molar-refractivity contribution in [1.29, 1.82) is 0 Å². The predicted molar refractivity (Wildman–Crippen MR) is 86.6 cm³/mol. The fourth-order valence-electron chi connectivity index (χ4n) is 2.79. The maximum absolute atomic E-state index is 5.23. The Morgan fingerprint density at radius 2 is 1.96 bits per heavy atom. The number of aromatic nitrogens is 5. The molecule has 23 heavy (non-hydrogen) atoms. The third kappa shape index (κ3) is 2.94. The molecule has 3 rings (SSSR count). The lowest BCUT2D eigenvalue weighted by molar-refractivity contribution is 0.392. The molecule has 7 nitrogen and oxygen atoms in total. The number of nitrogens with zero attached hydrogens (tertiary/aromatic N) is 5. The van der Waals surface area contributed by atoms with Gasteiger partial charge in [-0.1, -0.05) is 5.16 Å². The van der Waals surface area contributed by atoms with E-state index in [1.807, 2.05) is 40.7 Å². The van der Waals surface area contributed by atoms with Gasteiger partial charge in [-0.05, 0) is 40.7 Å². The average molecular weight is 312 g/mol. The second-order valence-corrected chi connectivity index (χ2v) is 5.71. The third-order valence-corrected chi connectivity index (χ3v) is 3.73. The second-order valence-electron chi connectivity index (χ2n) is 5.71. The molecule has 0 aliphatic carbocycles. The molecule has 7 heteroatoms. The summed E-state index contributed by atoms with van der Waals surface area (Å²) in [5.74, 6) is 2.18. The summed E-state index contributed by atoms with van der Waals surface area (Å²) in [5.41, 5.74) is 3.90. The lowest BCUT2D eigenvalue weighted by atomic mass is 10.1. The molecular formula is C16H20N6O. The smallest absolute Gasteiger partial charge is 0.174 e. The summed E-state index contributed by atoms with van der Waals surface area (Å²) in [6, 6.07) is 2.03. The summed E-state index contributed by atoms with van der Waals surface area (Å²) in [7, 11) is 0. The lowest BCUT2D eigenvalue weighted by Crippen LogP contribution is -2.11. The molecule has 3 heterocycles. The molecular weight excluding hydrogens is 292 g/mol. The van der Waals surface area contributed by atoms with Gasteiger partial charge in [-0.15, -0.1) is 0 Å². The zero-order valence-electron chi connectivity index (χ0n) is 14.0. The summed E-state index contributed by atoms with van der Waals surface area (Å²) in [6.07, 6.45) is 3.40. The average Bonchev–Trinajstić information content (AvgIpc) is 3.01. The van der Waals surface area contributed by atoms with Crippen molar-refractivity contribution >= 4 is 5.82 Å². The highest BCUT2D eigenvalue weighted by Gasteiger charge is 2.17. The van der Waals surface area contributed by atoms with Crippen molar-refractivity contribution < 1.29 is 4.52 Å². The number of nitrogens with one attached hydrogen (secondary N) is 1.